The summed E-state index contributed by atoms with van der Waals surface area (Å²) in [6.07, 6.45) is 2.60. The van der Waals surface area contributed by atoms with Crippen molar-refractivity contribution in [2.45, 2.75) is 57.4 Å². The Hall–Kier alpha value is -3.99. The summed E-state index contributed by atoms with van der Waals surface area (Å²) in [7, 11) is 0. The predicted octanol–water partition coefficient (Wildman–Crippen LogP) is 7.72. The number of carboxylic acids is 1. The highest BCUT2D eigenvalue weighted by Crippen LogP contribution is 2.39. The largest absolute Gasteiger partial charge is 0.485 e. The molecule has 2 saturated heterocycles. The number of carboxylic acid groups (broad SMARTS) is 1. The van der Waals surface area contributed by atoms with Crippen LogP contribution in [-0.2, 0) is 17.9 Å². The van der Waals surface area contributed by atoms with Crippen LogP contribution in [0, 0.1) is 11.8 Å². The molecule has 7 rings (SSSR count). The molecule has 2 aliphatic rings. The number of furan rings is 1. The topological polar surface area (TPSA) is 90.0 Å². The van der Waals surface area contributed by atoms with Gasteiger partial charge in [-0.05, 0) is 75.5 Å². The molecule has 0 bridgehead atoms. The van der Waals surface area contributed by atoms with Crippen molar-refractivity contribution in [1.29, 1.82) is 0 Å². The lowest BCUT2D eigenvalue weighted by Gasteiger charge is -2.37. The summed E-state index contributed by atoms with van der Waals surface area (Å²) in [5.74, 6) is -0.286. The van der Waals surface area contributed by atoms with Gasteiger partial charge in [-0.3, -0.25) is 4.90 Å². The molecule has 234 valence electrons. The first kappa shape index (κ1) is 29.7. The number of halogens is 3. The highest BCUT2D eigenvalue weighted by Gasteiger charge is 2.31. The molecule has 0 spiro atoms. The Morgan fingerprint density at radius 1 is 1.13 bits per heavy atom. The number of ether oxygens (including phenoxy) is 2. The molecule has 5 aromatic rings. The maximum Gasteiger partial charge on any atom is 0.335 e. The van der Waals surface area contributed by atoms with Gasteiger partial charge in [0.1, 0.15) is 18.0 Å². The van der Waals surface area contributed by atoms with Gasteiger partial charge in [-0.25, -0.2) is 14.2 Å². The van der Waals surface area contributed by atoms with E-state index in [9.17, 15) is 14.3 Å². The second kappa shape index (κ2) is 12.1. The SMILES string of the molecule is C[C@H](c1nc2ccc(C(=O)O)cc2n1C[C@@H]1CCO1)N1CCC(c2cccc(F)c2OCc2ccc(Cl)c3cc(F)oc23)CC1. The van der Waals surface area contributed by atoms with Crippen LogP contribution in [0.5, 0.6) is 5.75 Å². The molecule has 45 heavy (non-hydrogen) atoms. The van der Waals surface area contributed by atoms with Crippen molar-refractivity contribution < 1.29 is 32.6 Å². The number of hydrogen-bond acceptors (Lipinski definition) is 6. The Morgan fingerprint density at radius 3 is 2.67 bits per heavy atom. The van der Waals surface area contributed by atoms with Crippen LogP contribution in [0.3, 0.4) is 0 Å². The minimum atomic E-state index is -0.974. The average molecular weight is 636 g/mol. The number of likely N-dealkylation sites (tertiary alicyclic amines) is 1. The number of piperidine rings is 1. The van der Waals surface area contributed by atoms with E-state index in [1.165, 1.54) is 12.1 Å². The minimum absolute atomic E-state index is 0.00501. The van der Waals surface area contributed by atoms with Gasteiger partial charge >= 0.3 is 5.97 Å². The summed E-state index contributed by atoms with van der Waals surface area (Å²) in [6, 6.07) is 13.8. The van der Waals surface area contributed by atoms with Crippen LogP contribution in [0.1, 0.15) is 65.5 Å². The van der Waals surface area contributed by atoms with Crippen LogP contribution in [0.25, 0.3) is 22.0 Å². The Morgan fingerprint density at radius 2 is 1.93 bits per heavy atom. The molecule has 2 aliphatic heterocycles. The van der Waals surface area contributed by atoms with Gasteiger partial charge in [0, 0.05) is 29.2 Å². The predicted molar refractivity (Wildman–Crippen MR) is 165 cm³/mol. The molecule has 0 amide bonds. The van der Waals surface area contributed by atoms with Crippen molar-refractivity contribution in [3.63, 3.8) is 0 Å². The first-order valence-electron chi connectivity index (χ1n) is 15.1. The van der Waals surface area contributed by atoms with E-state index < -0.39 is 17.8 Å². The van der Waals surface area contributed by atoms with Crippen LogP contribution in [-0.4, -0.2) is 51.3 Å². The first-order chi connectivity index (χ1) is 21.8. The Kier molecular flexibility index (Phi) is 7.97. The Labute approximate surface area is 263 Å². The van der Waals surface area contributed by atoms with Gasteiger partial charge < -0.3 is 23.6 Å². The zero-order chi connectivity index (χ0) is 31.2. The third-order valence-corrected chi connectivity index (χ3v) is 9.48. The van der Waals surface area contributed by atoms with E-state index in [1.807, 2.05) is 6.07 Å². The van der Waals surface area contributed by atoms with Gasteiger partial charge in [0.05, 0.1) is 40.3 Å². The van der Waals surface area contributed by atoms with E-state index in [-0.39, 0.29) is 41.6 Å². The number of rotatable bonds is 9. The van der Waals surface area contributed by atoms with Crippen LogP contribution in [0.4, 0.5) is 8.78 Å². The van der Waals surface area contributed by atoms with Gasteiger partial charge in [-0.1, -0.05) is 29.8 Å². The Balaban J connectivity index is 1.09. The Bertz CT molecular complexity index is 1890. The minimum Gasteiger partial charge on any atom is -0.485 e. The number of hydrogen-bond donors (Lipinski definition) is 1. The van der Waals surface area contributed by atoms with E-state index >= 15 is 4.39 Å². The van der Waals surface area contributed by atoms with E-state index in [1.54, 1.807) is 36.4 Å². The molecule has 11 heteroatoms. The fraction of sp³-hybridized carbons (Fsp3) is 0.353. The van der Waals surface area contributed by atoms with Crippen LogP contribution in [0.15, 0.2) is 59.0 Å². The molecule has 2 fully saturated rings. The summed E-state index contributed by atoms with van der Waals surface area (Å²) in [6.45, 7) is 4.98. The molecular formula is C34H32ClF2N3O5. The third-order valence-electron chi connectivity index (χ3n) is 9.15. The summed E-state index contributed by atoms with van der Waals surface area (Å²) in [4.78, 5) is 19.0. The number of aromatic carboxylic acids is 1. The molecule has 8 nitrogen and oxygen atoms in total. The zero-order valence-corrected chi connectivity index (χ0v) is 25.4. The fourth-order valence-corrected chi connectivity index (χ4v) is 6.76. The lowest BCUT2D eigenvalue weighted by Crippen LogP contribution is -2.37. The normalized spacial score (nSPS) is 18.4. The molecule has 0 saturated carbocycles. The highest BCUT2D eigenvalue weighted by molar-refractivity contribution is 6.35. The number of benzene rings is 3. The lowest BCUT2D eigenvalue weighted by molar-refractivity contribution is -0.0594. The zero-order valence-electron chi connectivity index (χ0n) is 24.6. The van der Waals surface area contributed by atoms with Crippen LogP contribution in [0.2, 0.25) is 5.02 Å². The van der Waals surface area contributed by atoms with Crippen molar-refractivity contribution >= 4 is 39.6 Å². The number of fused-ring (bicyclic) bond motifs is 2. The van der Waals surface area contributed by atoms with Crippen LogP contribution < -0.4 is 4.74 Å². The maximum atomic E-state index is 15.2. The molecule has 0 radical (unpaired) electrons. The van der Waals surface area contributed by atoms with Gasteiger partial charge in [-0.2, -0.15) is 4.39 Å². The monoisotopic (exact) mass is 635 g/mol. The van der Waals surface area contributed by atoms with Crippen molar-refractivity contribution in [2.75, 3.05) is 19.7 Å². The summed E-state index contributed by atoms with van der Waals surface area (Å²) < 4.78 is 48.1. The van der Waals surface area contributed by atoms with Gasteiger partial charge in [0.2, 0.25) is 0 Å². The van der Waals surface area contributed by atoms with E-state index in [0.29, 0.717) is 22.5 Å². The van der Waals surface area contributed by atoms with Crippen molar-refractivity contribution in [3.05, 3.63) is 94.0 Å². The number of nitrogens with zero attached hydrogens (tertiary/aromatic N) is 3. The van der Waals surface area contributed by atoms with E-state index in [2.05, 4.69) is 16.4 Å². The number of para-hydroxylation sites is 1. The second-order valence-electron chi connectivity index (χ2n) is 11.8. The third kappa shape index (κ3) is 5.67. The van der Waals surface area contributed by atoms with Gasteiger partial charge in [-0.15, -0.1) is 0 Å². The van der Waals surface area contributed by atoms with Gasteiger partial charge in [0.25, 0.3) is 6.01 Å². The lowest BCUT2D eigenvalue weighted by atomic mass is 9.88. The first-order valence-corrected chi connectivity index (χ1v) is 15.5. The highest BCUT2D eigenvalue weighted by atomic mass is 35.5. The average Bonchev–Trinajstić information content (AvgIpc) is 3.59. The molecule has 1 N–H and O–H groups in total. The van der Waals surface area contributed by atoms with Crippen molar-refractivity contribution in [1.82, 2.24) is 14.5 Å². The van der Waals surface area contributed by atoms with Gasteiger partial charge in [0.15, 0.2) is 11.6 Å². The molecule has 4 heterocycles. The van der Waals surface area contributed by atoms with E-state index in [0.717, 1.165) is 61.4 Å². The van der Waals surface area contributed by atoms with E-state index in [4.69, 9.17) is 30.5 Å². The summed E-state index contributed by atoms with van der Waals surface area (Å²) in [5, 5.41) is 10.4. The maximum absolute atomic E-state index is 15.2. The molecule has 2 atom stereocenters. The number of imidazole rings is 1. The number of carbonyl (C=O) groups is 1. The van der Waals surface area contributed by atoms with Crippen LogP contribution >= 0.6 is 11.6 Å². The van der Waals surface area contributed by atoms with Crippen molar-refractivity contribution in [3.8, 4) is 5.75 Å². The molecule has 3 aromatic carbocycles. The molecule has 0 unspecified atom stereocenters. The standard InChI is InChI=1S/C34H32ClF2N3O5/c1-19(33-38-28-8-6-21(34(41)42)15-29(28)40(33)17-23-11-14-43-23)39-12-9-20(10-13-39)24-3-2-4-27(36)32(24)44-18-22-5-7-26(35)25-16-30(37)45-31(22)25/h2-8,15-16,19-20,23H,9-14,17-18H2,1H3,(H,41,42)/t19-,23+/m1/s1. The number of aromatic nitrogens is 2. The second-order valence-corrected chi connectivity index (χ2v) is 12.2. The molecule has 0 aliphatic carbocycles. The summed E-state index contributed by atoms with van der Waals surface area (Å²) in [5.41, 5.74) is 3.43. The summed E-state index contributed by atoms with van der Waals surface area (Å²) >= 11 is 6.20. The fourth-order valence-electron chi connectivity index (χ4n) is 6.56. The van der Waals surface area contributed by atoms with Crippen molar-refractivity contribution in [2.24, 2.45) is 0 Å². The quantitative estimate of drug-likeness (QED) is 0.177. The molecule has 2 aromatic heterocycles. The molecular weight excluding hydrogens is 604 g/mol. The smallest absolute Gasteiger partial charge is 0.335 e.